The molecule has 364 valence electrons. The molecule has 16 nitrogen and oxygen atoms in total. The maximum Gasteiger partial charge on any atom is 0.357 e. The number of nitrogens with zero attached hydrogens (tertiary/aromatic N) is 6. The molecule has 2 aliphatic heterocycles. The zero-order chi connectivity index (χ0) is 49.3. The van der Waals surface area contributed by atoms with Crippen molar-refractivity contribution in [3.8, 4) is 47.0 Å². The molecule has 2 aliphatic rings. The Hall–Kier alpha value is -6.22. The Kier molecular flexibility index (Phi) is 21.7. The molecule has 19 heteroatoms. The van der Waals surface area contributed by atoms with Crippen LogP contribution < -0.4 is 0 Å². The second-order valence-electron chi connectivity index (χ2n) is 15.2. The van der Waals surface area contributed by atoms with Gasteiger partial charge < -0.3 is 39.0 Å². The number of amides is 2. The third kappa shape index (κ3) is 14.6. The number of carbonyl (C=O) groups excluding carboxylic acids is 4. The van der Waals surface area contributed by atoms with Gasteiger partial charge in [-0.2, -0.15) is 0 Å². The van der Waals surface area contributed by atoms with Gasteiger partial charge in [0.25, 0.3) is 11.8 Å². The van der Waals surface area contributed by atoms with Crippen molar-refractivity contribution in [3.05, 3.63) is 93.0 Å². The number of likely N-dealkylation sites (N-methyl/N-ethyl adjacent to an activating group) is 2. The summed E-state index contributed by atoms with van der Waals surface area (Å²) in [4.78, 5) is 67.6. The SMILES string of the molecule is C.C#C[C@]1(O)CCN(C)C1=O.CCOC(=O)c1nc(-c2cc(Br)ccc2F)ncc1CCCOC.CCOC(=O)c1nc(-c2cc(C#C[C@]3(O)CCN(C)C3=O)ccc2F)ncc1CCCOC. The predicted molar refractivity (Wildman–Crippen MR) is 252 cm³/mol. The molecule has 4 heterocycles. The lowest BCUT2D eigenvalue weighted by molar-refractivity contribution is -0.138. The van der Waals surface area contributed by atoms with E-state index in [1.54, 1.807) is 60.5 Å². The van der Waals surface area contributed by atoms with Crippen LogP contribution in [0.3, 0.4) is 0 Å². The number of aromatic nitrogens is 4. The topological polar surface area (TPSA) is 204 Å². The van der Waals surface area contributed by atoms with Crippen LogP contribution in [0.1, 0.15) is 84.6 Å². The molecule has 2 aromatic carbocycles. The number of hydrogen-bond acceptors (Lipinski definition) is 14. The Balaban J connectivity index is 0.000000305. The van der Waals surface area contributed by atoms with Gasteiger partial charge in [-0.25, -0.2) is 38.3 Å². The number of methoxy groups -OCH3 is 2. The van der Waals surface area contributed by atoms with Crippen molar-refractivity contribution in [1.29, 1.82) is 0 Å². The van der Waals surface area contributed by atoms with Gasteiger partial charge in [0.2, 0.25) is 11.2 Å². The van der Waals surface area contributed by atoms with Crippen molar-refractivity contribution >= 4 is 39.7 Å². The van der Waals surface area contributed by atoms with Crippen LogP contribution in [0.2, 0.25) is 0 Å². The number of esters is 2. The lowest BCUT2D eigenvalue weighted by atomic mass is 10.0. The van der Waals surface area contributed by atoms with Gasteiger partial charge >= 0.3 is 11.9 Å². The smallest absolute Gasteiger partial charge is 0.357 e. The summed E-state index contributed by atoms with van der Waals surface area (Å²) in [5.41, 5.74) is -1.18. The molecule has 2 aromatic heterocycles. The van der Waals surface area contributed by atoms with Gasteiger partial charge in [-0.15, -0.1) is 6.42 Å². The highest BCUT2D eigenvalue weighted by molar-refractivity contribution is 9.10. The number of terminal acetylenes is 1. The summed E-state index contributed by atoms with van der Waals surface area (Å²) < 4.78 is 49.6. The number of likely N-dealkylation sites (tertiary alicyclic amines) is 2. The number of ether oxygens (including phenoxy) is 4. The van der Waals surface area contributed by atoms with Crippen LogP contribution in [0.5, 0.6) is 0 Å². The van der Waals surface area contributed by atoms with Crippen LogP contribution in [0.25, 0.3) is 22.8 Å². The molecule has 0 spiro atoms. The third-order valence-corrected chi connectivity index (χ3v) is 10.8. The number of benzene rings is 2. The van der Waals surface area contributed by atoms with Crippen molar-refractivity contribution in [2.75, 3.05) is 67.8 Å². The molecule has 0 saturated carbocycles. The van der Waals surface area contributed by atoms with E-state index in [2.05, 4.69) is 53.6 Å². The minimum Gasteiger partial charge on any atom is -0.461 e. The molecule has 2 atom stereocenters. The highest BCUT2D eigenvalue weighted by Crippen LogP contribution is 2.27. The van der Waals surface area contributed by atoms with Crippen molar-refractivity contribution in [2.45, 2.75) is 71.0 Å². The summed E-state index contributed by atoms with van der Waals surface area (Å²) in [7, 11) is 6.42. The van der Waals surface area contributed by atoms with E-state index in [4.69, 9.17) is 25.4 Å². The van der Waals surface area contributed by atoms with Gasteiger partial charge in [-0.05, 0) is 75.9 Å². The fourth-order valence-corrected chi connectivity index (χ4v) is 6.94. The van der Waals surface area contributed by atoms with Crippen LogP contribution in [-0.4, -0.2) is 143 Å². The number of aryl methyl sites for hydroxylation is 2. The molecular weight excluding hydrogens is 950 g/mol. The van der Waals surface area contributed by atoms with Crippen molar-refractivity contribution in [3.63, 3.8) is 0 Å². The molecule has 6 rings (SSSR count). The van der Waals surface area contributed by atoms with Gasteiger partial charge in [0.1, 0.15) is 11.6 Å². The standard InChI is InChI=1S/C24H26FN3O5.C17H18BrFN2O3.C7H9NO2.CH4/c1-4-33-22(29)20-17(6-5-13-32-3)15-26-21(27-20)18-14-16(7-8-19(18)25)9-10-24(31)11-12-28(2)23(24)30;1-3-24-17(22)15-11(5-4-8-23-2)10-20-16(21-15)13-9-12(18)6-7-14(13)19;1-3-7(10)4-5-8(2)6(7)9;/h7-8,14-15,31H,4-6,11-13H2,1-3H3;6-7,9-10H,3-5,8H2,1-2H3;1,10H,4-5H2,2H3;1H4/t24-;;7-;/m0.0./s1. The van der Waals surface area contributed by atoms with Gasteiger partial charge in [0.15, 0.2) is 23.0 Å². The van der Waals surface area contributed by atoms with Gasteiger partial charge in [-0.1, -0.05) is 41.1 Å². The lowest BCUT2D eigenvalue weighted by Gasteiger charge is -2.13. The summed E-state index contributed by atoms with van der Waals surface area (Å²) in [6.45, 7) is 5.83. The molecule has 68 heavy (non-hydrogen) atoms. The van der Waals surface area contributed by atoms with E-state index in [0.29, 0.717) is 73.1 Å². The maximum absolute atomic E-state index is 14.6. The molecule has 2 fully saturated rings. The summed E-state index contributed by atoms with van der Waals surface area (Å²) in [5.74, 6) is 4.54. The summed E-state index contributed by atoms with van der Waals surface area (Å²) in [6, 6.07) is 8.53. The number of aliphatic hydroxyl groups is 2. The van der Waals surface area contributed by atoms with Crippen LogP contribution in [0.15, 0.2) is 53.3 Å². The van der Waals surface area contributed by atoms with Gasteiger partial charge in [0, 0.05) is 101 Å². The summed E-state index contributed by atoms with van der Waals surface area (Å²) in [5, 5.41) is 19.8. The first kappa shape index (κ1) is 56.1. The Labute approximate surface area is 403 Å². The highest BCUT2D eigenvalue weighted by atomic mass is 79.9. The molecule has 0 aliphatic carbocycles. The van der Waals surface area contributed by atoms with E-state index in [1.165, 1.54) is 40.3 Å². The first-order chi connectivity index (χ1) is 31.9. The lowest BCUT2D eigenvalue weighted by Crippen LogP contribution is -2.37. The number of hydrogen-bond donors (Lipinski definition) is 2. The molecule has 2 amide bonds. The second kappa shape index (κ2) is 26.4. The average Bonchev–Trinajstić information content (AvgIpc) is 3.74. The Morgan fingerprint density at radius 2 is 1.24 bits per heavy atom. The van der Waals surface area contributed by atoms with E-state index in [0.717, 1.165) is 6.42 Å². The van der Waals surface area contributed by atoms with Crippen molar-refractivity contribution < 1.29 is 57.1 Å². The van der Waals surface area contributed by atoms with Gasteiger partial charge in [0.05, 0.1) is 24.3 Å². The Morgan fingerprint density at radius 3 is 1.65 bits per heavy atom. The fourth-order valence-electron chi connectivity index (χ4n) is 6.58. The second-order valence-corrected chi connectivity index (χ2v) is 16.1. The maximum atomic E-state index is 14.6. The van der Waals surface area contributed by atoms with E-state index < -0.39 is 40.7 Å². The zero-order valence-corrected chi connectivity index (χ0v) is 39.7. The minimum atomic E-state index is -1.76. The Bertz CT molecular complexity index is 2530. The van der Waals surface area contributed by atoms with Crippen molar-refractivity contribution in [1.82, 2.24) is 29.7 Å². The van der Waals surface area contributed by atoms with E-state index >= 15 is 0 Å². The minimum absolute atomic E-state index is 0. The molecule has 0 bridgehead atoms. The molecular formula is C49H57BrF2N6O10. The Morgan fingerprint density at radius 1 is 0.779 bits per heavy atom. The molecule has 2 saturated heterocycles. The largest absolute Gasteiger partial charge is 0.461 e. The monoisotopic (exact) mass is 1010 g/mol. The highest BCUT2D eigenvalue weighted by Gasteiger charge is 2.43. The first-order valence-electron chi connectivity index (χ1n) is 21.2. The molecule has 2 N–H and O–H groups in total. The number of halogens is 3. The normalized spacial score (nSPS) is 17.1. The number of carbonyl (C=O) groups is 4. The van der Waals surface area contributed by atoms with Crippen LogP contribution in [-0.2, 0) is 41.4 Å². The molecule has 4 aromatic rings. The fraction of sp³-hybridized carbons (Fsp3) is 0.429. The third-order valence-electron chi connectivity index (χ3n) is 10.3. The van der Waals surface area contributed by atoms with Crippen molar-refractivity contribution in [2.24, 2.45) is 0 Å². The predicted octanol–water partition coefficient (Wildman–Crippen LogP) is 5.63. The quantitative estimate of drug-likeness (QED) is 0.0893. The summed E-state index contributed by atoms with van der Waals surface area (Å²) in [6.07, 6.45) is 11.0. The first-order valence-corrected chi connectivity index (χ1v) is 22.0. The van der Waals surface area contributed by atoms with Crippen LogP contribution >= 0.6 is 15.9 Å². The van der Waals surface area contributed by atoms with E-state index in [-0.39, 0.29) is 67.1 Å². The molecule has 0 unspecified atom stereocenters. The van der Waals surface area contributed by atoms with E-state index in [9.17, 15) is 38.2 Å². The average molecular weight is 1010 g/mol. The van der Waals surface area contributed by atoms with E-state index in [1.807, 2.05) is 0 Å². The number of rotatable bonds is 14. The molecule has 0 radical (unpaired) electrons. The van der Waals surface area contributed by atoms with Gasteiger partial charge in [-0.3, -0.25) is 9.59 Å². The van der Waals surface area contributed by atoms with Crippen LogP contribution in [0.4, 0.5) is 8.78 Å². The van der Waals surface area contributed by atoms with Crippen LogP contribution in [0, 0.1) is 35.8 Å². The summed E-state index contributed by atoms with van der Waals surface area (Å²) >= 11 is 3.29. The zero-order valence-electron chi connectivity index (χ0n) is 38.2.